The zero-order chi connectivity index (χ0) is 22.2. The maximum atomic E-state index is 13.5. The van der Waals surface area contributed by atoms with E-state index in [1.54, 1.807) is 23.7 Å². The first-order valence-electron chi connectivity index (χ1n) is 10.2. The van der Waals surface area contributed by atoms with E-state index in [1.807, 2.05) is 43.3 Å². The van der Waals surface area contributed by atoms with E-state index in [4.69, 9.17) is 4.74 Å². The lowest BCUT2D eigenvalue weighted by Crippen LogP contribution is -2.40. The number of para-hydroxylation sites is 1. The highest BCUT2D eigenvalue weighted by atomic mass is 32.2. The second-order valence-corrected chi connectivity index (χ2v) is 9.70. The van der Waals surface area contributed by atoms with Gasteiger partial charge in [-0.2, -0.15) is 9.40 Å². The number of nitrogens with zero attached hydrogens (tertiary/aromatic N) is 4. The highest BCUT2D eigenvalue weighted by Gasteiger charge is 2.35. The summed E-state index contributed by atoms with van der Waals surface area (Å²) in [7, 11) is -0.684. The molecule has 2 heterocycles. The van der Waals surface area contributed by atoms with Crippen molar-refractivity contribution in [2.24, 2.45) is 7.05 Å². The molecule has 0 radical (unpaired) electrons. The minimum atomic E-state index is -3.76. The normalized spacial score (nSPS) is 17.6. The minimum Gasteiger partial charge on any atom is -0.495 e. The number of aromatic nitrogens is 3. The smallest absolute Gasteiger partial charge is 0.350 e. The summed E-state index contributed by atoms with van der Waals surface area (Å²) in [6.45, 7) is 2.52. The monoisotopic (exact) mass is 442 g/mol. The lowest BCUT2D eigenvalue weighted by atomic mass is 9.98. The minimum absolute atomic E-state index is 0.164. The molecule has 1 fully saturated rings. The molecule has 1 aliphatic rings. The zero-order valence-corrected chi connectivity index (χ0v) is 18.7. The van der Waals surface area contributed by atoms with Gasteiger partial charge in [-0.25, -0.2) is 22.5 Å². The van der Waals surface area contributed by atoms with Crippen LogP contribution in [-0.2, 0) is 17.1 Å². The maximum absolute atomic E-state index is 13.5. The van der Waals surface area contributed by atoms with Crippen molar-refractivity contribution >= 4 is 10.0 Å². The Kier molecular flexibility index (Phi) is 5.72. The largest absolute Gasteiger partial charge is 0.495 e. The molecule has 164 valence electrons. The highest BCUT2D eigenvalue weighted by Crippen LogP contribution is 2.33. The summed E-state index contributed by atoms with van der Waals surface area (Å²) in [4.78, 5) is 12.9. The summed E-state index contributed by atoms with van der Waals surface area (Å²) in [6.07, 6.45) is 1.43. The molecule has 1 unspecified atom stereocenters. The summed E-state index contributed by atoms with van der Waals surface area (Å²) in [5, 5.41) is 4.47. The van der Waals surface area contributed by atoms with Crippen LogP contribution in [0.25, 0.3) is 5.69 Å². The first-order chi connectivity index (χ1) is 14.8. The molecule has 31 heavy (non-hydrogen) atoms. The number of piperidine rings is 1. The fraction of sp³-hybridized carbons (Fsp3) is 0.364. The molecule has 0 aliphatic carbocycles. The molecule has 1 aliphatic heterocycles. The zero-order valence-electron chi connectivity index (χ0n) is 17.9. The van der Waals surface area contributed by atoms with Gasteiger partial charge in [-0.3, -0.25) is 0 Å². The van der Waals surface area contributed by atoms with E-state index in [1.165, 1.54) is 16.1 Å². The van der Waals surface area contributed by atoms with Crippen LogP contribution < -0.4 is 10.4 Å². The lowest BCUT2D eigenvalue weighted by Gasteiger charge is -2.31. The van der Waals surface area contributed by atoms with Crippen LogP contribution in [0.1, 0.15) is 30.1 Å². The predicted octanol–water partition coefficient (Wildman–Crippen LogP) is 2.46. The Morgan fingerprint density at radius 3 is 2.58 bits per heavy atom. The van der Waals surface area contributed by atoms with Gasteiger partial charge in [0.25, 0.3) is 0 Å². The molecule has 9 heteroatoms. The Labute approximate surface area is 181 Å². The van der Waals surface area contributed by atoms with Crippen molar-refractivity contribution in [3.8, 4) is 11.4 Å². The van der Waals surface area contributed by atoms with Crippen molar-refractivity contribution in [3.05, 3.63) is 70.4 Å². The highest BCUT2D eigenvalue weighted by molar-refractivity contribution is 7.89. The maximum Gasteiger partial charge on any atom is 0.350 e. The Bertz CT molecular complexity index is 1250. The van der Waals surface area contributed by atoms with Crippen LogP contribution >= 0.6 is 0 Å². The van der Waals surface area contributed by atoms with Crippen LogP contribution in [-0.4, -0.2) is 47.3 Å². The van der Waals surface area contributed by atoms with E-state index in [-0.39, 0.29) is 23.0 Å². The fourth-order valence-corrected chi connectivity index (χ4v) is 5.83. The van der Waals surface area contributed by atoms with Crippen molar-refractivity contribution < 1.29 is 13.2 Å². The van der Waals surface area contributed by atoms with Gasteiger partial charge in [0.05, 0.1) is 12.8 Å². The van der Waals surface area contributed by atoms with Crippen LogP contribution in [0.4, 0.5) is 0 Å². The fourth-order valence-electron chi connectivity index (χ4n) is 4.06. The summed E-state index contributed by atoms with van der Waals surface area (Å²) in [6, 6.07) is 14.4. The van der Waals surface area contributed by atoms with Gasteiger partial charge in [0.1, 0.15) is 16.5 Å². The average molecular weight is 443 g/mol. The van der Waals surface area contributed by atoms with Crippen LogP contribution in [0.15, 0.2) is 58.2 Å². The lowest BCUT2D eigenvalue weighted by molar-refractivity contribution is 0.305. The molecule has 0 bridgehead atoms. The molecule has 1 aromatic heterocycles. The van der Waals surface area contributed by atoms with Gasteiger partial charge in [-0.15, -0.1) is 0 Å². The van der Waals surface area contributed by atoms with Crippen molar-refractivity contribution in [2.75, 3.05) is 20.2 Å². The van der Waals surface area contributed by atoms with Crippen molar-refractivity contribution in [3.63, 3.8) is 0 Å². The van der Waals surface area contributed by atoms with Gasteiger partial charge in [0.15, 0.2) is 0 Å². The number of rotatable bonds is 5. The van der Waals surface area contributed by atoms with Crippen molar-refractivity contribution in [1.82, 2.24) is 18.7 Å². The summed E-state index contributed by atoms with van der Waals surface area (Å²) in [5.74, 6) is 0.704. The molecule has 0 saturated carbocycles. The van der Waals surface area contributed by atoms with E-state index < -0.39 is 10.0 Å². The average Bonchev–Trinajstić information content (AvgIpc) is 3.08. The van der Waals surface area contributed by atoms with Crippen LogP contribution in [0, 0.1) is 6.92 Å². The summed E-state index contributed by atoms with van der Waals surface area (Å²) in [5.41, 5.74) is 1.31. The van der Waals surface area contributed by atoms with E-state index in [9.17, 15) is 13.2 Å². The second-order valence-electron chi connectivity index (χ2n) is 7.79. The van der Waals surface area contributed by atoms with E-state index in [0.29, 0.717) is 24.5 Å². The first kappa shape index (κ1) is 21.3. The molecule has 0 amide bonds. The van der Waals surface area contributed by atoms with Crippen LogP contribution in [0.3, 0.4) is 0 Å². The number of methoxy groups -OCH3 is 1. The van der Waals surface area contributed by atoms with Gasteiger partial charge in [-0.05, 0) is 49.6 Å². The number of ether oxygens (including phenoxy) is 1. The van der Waals surface area contributed by atoms with Gasteiger partial charge in [0, 0.05) is 26.1 Å². The standard InChI is InChI=1S/C22H26N4O4S/c1-16-11-12-19(30-3)20(14-16)31(28,29)25-13-7-8-17(15-25)21-23-24(2)22(27)26(21)18-9-5-4-6-10-18/h4-6,9-12,14,17H,7-8,13,15H2,1-3H3. The predicted molar refractivity (Wildman–Crippen MR) is 117 cm³/mol. The number of benzene rings is 2. The molecule has 1 atom stereocenters. The molecule has 0 N–H and O–H groups in total. The van der Waals surface area contributed by atoms with Gasteiger partial charge < -0.3 is 4.74 Å². The third-order valence-corrected chi connectivity index (χ3v) is 7.54. The Balaban J connectivity index is 1.72. The van der Waals surface area contributed by atoms with E-state index in [2.05, 4.69) is 5.10 Å². The van der Waals surface area contributed by atoms with Crippen molar-refractivity contribution in [1.29, 1.82) is 0 Å². The molecular formula is C22H26N4O4S. The number of hydrogen-bond acceptors (Lipinski definition) is 5. The molecule has 3 aromatic rings. The van der Waals surface area contributed by atoms with Gasteiger partial charge in [-0.1, -0.05) is 24.3 Å². The second kappa shape index (κ2) is 8.32. The van der Waals surface area contributed by atoms with E-state index in [0.717, 1.165) is 17.7 Å². The summed E-state index contributed by atoms with van der Waals surface area (Å²) >= 11 is 0. The molecule has 4 rings (SSSR count). The third-order valence-electron chi connectivity index (χ3n) is 5.65. The third kappa shape index (κ3) is 3.90. The number of sulfonamides is 1. The number of hydrogen-bond donors (Lipinski definition) is 0. The van der Waals surface area contributed by atoms with E-state index >= 15 is 0 Å². The van der Waals surface area contributed by atoms with Crippen LogP contribution in [0.5, 0.6) is 5.75 Å². The quantitative estimate of drug-likeness (QED) is 0.606. The SMILES string of the molecule is COc1ccc(C)cc1S(=O)(=O)N1CCCC(c2nn(C)c(=O)n2-c2ccccc2)C1. The molecular weight excluding hydrogens is 416 g/mol. The first-order valence-corrected chi connectivity index (χ1v) is 11.6. The van der Waals surface area contributed by atoms with Gasteiger partial charge in [0.2, 0.25) is 10.0 Å². The topological polar surface area (TPSA) is 86.4 Å². The molecule has 0 spiro atoms. The van der Waals surface area contributed by atoms with Gasteiger partial charge >= 0.3 is 5.69 Å². The Morgan fingerprint density at radius 2 is 1.87 bits per heavy atom. The van der Waals surface area contributed by atoms with Crippen LogP contribution in [0.2, 0.25) is 0 Å². The Hall–Kier alpha value is -2.91. The summed E-state index contributed by atoms with van der Waals surface area (Å²) < 4.78 is 36.6. The molecule has 2 aromatic carbocycles. The Morgan fingerprint density at radius 1 is 1.13 bits per heavy atom. The number of aryl methyl sites for hydroxylation is 2. The molecule has 1 saturated heterocycles. The molecule has 8 nitrogen and oxygen atoms in total. The van der Waals surface area contributed by atoms with Crippen molar-refractivity contribution in [2.45, 2.75) is 30.6 Å².